The van der Waals surface area contributed by atoms with Gasteiger partial charge in [0.05, 0.1) is 23.6 Å². The molecule has 3 heterocycles. The van der Waals surface area contributed by atoms with E-state index in [2.05, 4.69) is 4.98 Å². The van der Waals surface area contributed by atoms with Crippen LogP contribution in [0.5, 0.6) is 0 Å². The fraction of sp³-hybridized carbons (Fsp3) is 0.318. The Labute approximate surface area is 168 Å². The molecule has 1 aliphatic heterocycles. The number of fused-ring (bicyclic) bond motifs is 1. The smallest absolute Gasteiger partial charge is 0.225 e. The third-order valence-corrected chi connectivity index (χ3v) is 5.39. The van der Waals surface area contributed by atoms with Gasteiger partial charge in [-0.1, -0.05) is 12.1 Å². The minimum Gasteiger partial charge on any atom is -0.332 e. The largest absolute Gasteiger partial charge is 0.332 e. The van der Waals surface area contributed by atoms with E-state index in [1.165, 1.54) is 11.0 Å². The zero-order valence-electron chi connectivity index (χ0n) is 16.3. The first-order valence-corrected chi connectivity index (χ1v) is 9.70. The van der Waals surface area contributed by atoms with Crippen LogP contribution in [0.15, 0.2) is 54.5 Å². The number of rotatable bonds is 6. The van der Waals surface area contributed by atoms with Crippen molar-refractivity contribution in [1.29, 1.82) is 0 Å². The lowest BCUT2D eigenvalue weighted by Gasteiger charge is -2.28. The van der Waals surface area contributed by atoms with Crippen LogP contribution < -0.4 is 0 Å². The summed E-state index contributed by atoms with van der Waals surface area (Å²) >= 11 is 0. The highest BCUT2D eigenvalue weighted by Crippen LogP contribution is 2.29. The molecular weight excluding hydrogens is 371 g/mol. The van der Waals surface area contributed by atoms with Crippen LogP contribution in [0.3, 0.4) is 0 Å². The molecule has 7 heteroatoms. The Morgan fingerprint density at radius 1 is 1.34 bits per heavy atom. The van der Waals surface area contributed by atoms with E-state index in [0.29, 0.717) is 25.2 Å². The predicted octanol–water partition coefficient (Wildman–Crippen LogP) is 3.05. The molecule has 0 saturated heterocycles. The molecule has 150 valence electrons. The fourth-order valence-corrected chi connectivity index (χ4v) is 3.84. The van der Waals surface area contributed by atoms with Crippen molar-refractivity contribution in [3.63, 3.8) is 0 Å². The standard InChI is InChI=1S/C22H23FN4O2/c1-16-4-3-10-27(16)20-7-6-18(23)12-21(20)25(15-28)11-8-22(29)26-13-17-5-2-9-24-19(17)14-26/h2-5,7,9-10,12,15,18H,6,8,11,13-14H2,1H3. The number of aryl methyl sites for hydroxylation is 1. The molecule has 0 aromatic carbocycles. The van der Waals surface area contributed by atoms with Crippen molar-refractivity contribution in [1.82, 2.24) is 19.4 Å². The van der Waals surface area contributed by atoms with Crippen LogP contribution in [0.2, 0.25) is 0 Å². The molecule has 2 amide bonds. The molecule has 0 saturated carbocycles. The zero-order chi connectivity index (χ0) is 20.4. The lowest BCUT2D eigenvalue weighted by molar-refractivity contribution is -0.132. The summed E-state index contributed by atoms with van der Waals surface area (Å²) in [7, 11) is 0. The van der Waals surface area contributed by atoms with E-state index >= 15 is 0 Å². The van der Waals surface area contributed by atoms with E-state index in [1.54, 1.807) is 17.2 Å². The lowest BCUT2D eigenvalue weighted by atomic mass is 10.1. The highest BCUT2D eigenvalue weighted by atomic mass is 19.1. The first kappa shape index (κ1) is 19.1. The summed E-state index contributed by atoms with van der Waals surface area (Å²) in [5.41, 5.74) is 4.22. The summed E-state index contributed by atoms with van der Waals surface area (Å²) in [4.78, 5) is 32.0. The van der Waals surface area contributed by atoms with Crippen molar-refractivity contribution in [3.8, 4) is 0 Å². The molecule has 0 spiro atoms. The van der Waals surface area contributed by atoms with Crippen LogP contribution >= 0.6 is 0 Å². The number of alkyl halides is 1. The molecule has 29 heavy (non-hydrogen) atoms. The molecule has 0 N–H and O–H groups in total. The van der Waals surface area contributed by atoms with E-state index in [-0.39, 0.29) is 25.3 Å². The van der Waals surface area contributed by atoms with Gasteiger partial charge in [0, 0.05) is 44.0 Å². The number of amides is 2. The second kappa shape index (κ2) is 8.03. The van der Waals surface area contributed by atoms with Gasteiger partial charge in [0.1, 0.15) is 6.17 Å². The number of aromatic nitrogens is 2. The highest BCUT2D eigenvalue weighted by Gasteiger charge is 2.26. The average molecular weight is 394 g/mol. The molecule has 2 aromatic heterocycles. The maximum atomic E-state index is 14.1. The van der Waals surface area contributed by atoms with E-state index in [9.17, 15) is 14.0 Å². The number of allylic oxidation sites excluding steroid dienone is 3. The molecule has 2 aromatic rings. The van der Waals surface area contributed by atoms with Crippen LogP contribution in [0.25, 0.3) is 5.70 Å². The van der Waals surface area contributed by atoms with Crippen molar-refractivity contribution >= 4 is 18.0 Å². The van der Waals surface area contributed by atoms with Crippen molar-refractivity contribution in [2.75, 3.05) is 6.54 Å². The van der Waals surface area contributed by atoms with Crippen molar-refractivity contribution in [2.24, 2.45) is 0 Å². The van der Waals surface area contributed by atoms with Crippen molar-refractivity contribution < 1.29 is 14.0 Å². The summed E-state index contributed by atoms with van der Waals surface area (Å²) in [6, 6.07) is 7.69. The fourth-order valence-electron chi connectivity index (χ4n) is 3.84. The van der Waals surface area contributed by atoms with Crippen molar-refractivity contribution in [2.45, 2.75) is 39.0 Å². The van der Waals surface area contributed by atoms with Gasteiger partial charge in [-0.25, -0.2) is 4.39 Å². The summed E-state index contributed by atoms with van der Waals surface area (Å²) < 4.78 is 16.0. The number of halogens is 1. The zero-order valence-corrected chi connectivity index (χ0v) is 16.3. The van der Waals surface area contributed by atoms with Gasteiger partial charge >= 0.3 is 0 Å². The number of carbonyl (C=O) groups is 2. The molecule has 0 bridgehead atoms. The maximum absolute atomic E-state index is 14.1. The minimum absolute atomic E-state index is 0.0502. The van der Waals surface area contributed by atoms with E-state index < -0.39 is 6.17 Å². The molecule has 1 unspecified atom stereocenters. The summed E-state index contributed by atoms with van der Waals surface area (Å²) in [6.45, 7) is 3.16. The maximum Gasteiger partial charge on any atom is 0.225 e. The third kappa shape index (κ3) is 3.85. The molecule has 0 radical (unpaired) electrons. The first-order valence-electron chi connectivity index (χ1n) is 9.70. The summed E-state index contributed by atoms with van der Waals surface area (Å²) in [6.07, 6.45) is 6.82. The normalized spacial score (nSPS) is 18.1. The van der Waals surface area contributed by atoms with Crippen LogP contribution in [-0.2, 0) is 22.7 Å². The van der Waals surface area contributed by atoms with Gasteiger partial charge in [-0.2, -0.15) is 0 Å². The molecule has 0 fully saturated rings. The molecule has 6 nitrogen and oxygen atoms in total. The van der Waals surface area contributed by atoms with Gasteiger partial charge in [-0.15, -0.1) is 0 Å². The molecular formula is C22H23FN4O2. The van der Waals surface area contributed by atoms with Gasteiger partial charge in [0.2, 0.25) is 12.3 Å². The molecule has 2 aliphatic rings. The van der Waals surface area contributed by atoms with Gasteiger partial charge < -0.3 is 14.4 Å². The van der Waals surface area contributed by atoms with Gasteiger partial charge in [-0.05, 0) is 36.8 Å². The Kier molecular flexibility index (Phi) is 5.29. The Morgan fingerprint density at radius 2 is 2.21 bits per heavy atom. The summed E-state index contributed by atoms with van der Waals surface area (Å²) in [5, 5.41) is 0. The Bertz CT molecular complexity index is 969. The predicted molar refractivity (Wildman–Crippen MR) is 107 cm³/mol. The molecule has 1 atom stereocenters. The van der Waals surface area contributed by atoms with Crippen LogP contribution in [0.1, 0.15) is 29.8 Å². The van der Waals surface area contributed by atoms with Gasteiger partial charge in [0.15, 0.2) is 0 Å². The van der Waals surface area contributed by atoms with Crippen LogP contribution in [-0.4, -0.2) is 44.4 Å². The Balaban J connectivity index is 1.46. The monoisotopic (exact) mass is 394 g/mol. The second-order valence-electron chi connectivity index (χ2n) is 7.32. The quantitative estimate of drug-likeness (QED) is 0.708. The first-order chi connectivity index (χ1) is 14.1. The van der Waals surface area contributed by atoms with Gasteiger partial charge in [0.25, 0.3) is 0 Å². The average Bonchev–Trinajstić information content (AvgIpc) is 3.34. The van der Waals surface area contributed by atoms with E-state index in [4.69, 9.17) is 0 Å². The second-order valence-corrected chi connectivity index (χ2v) is 7.32. The van der Waals surface area contributed by atoms with Crippen molar-refractivity contribution in [3.05, 3.63) is 71.5 Å². The number of pyridine rings is 1. The summed E-state index contributed by atoms with van der Waals surface area (Å²) in [5.74, 6) is -0.0502. The third-order valence-electron chi connectivity index (χ3n) is 5.39. The van der Waals surface area contributed by atoms with Crippen LogP contribution in [0.4, 0.5) is 4.39 Å². The van der Waals surface area contributed by atoms with E-state index in [0.717, 1.165) is 22.6 Å². The number of hydrogen-bond acceptors (Lipinski definition) is 3. The Morgan fingerprint density at radius 3 is 2.93 bits per heavy atom. The number of hydrogen-bond donors (Lipinski definition) is 0. The molecule has 1 aliphatic carbocycles. The van der Waals surface area contributed by atoms with E-state index in [1.807, 2.05) is 42.0 Å². The topological polar surface area (TPSA) is 58.4 Å². The highest BCUT2D eigenvalue weighted by molar-refractivity contribution is 5.78. The number of nitrogens with zero attached hydrogens (tertiary/aromatic N) is 4. The minimum atomic E-state index is -1.15. The lowest BCUT2D eigenvalue weighted by Crippen LogP contribution is -2.32. The SMILES string of the molecule is Cc1cccn1C1=CCC(F)C=C1N(C=O)CCC(=O)N1Cc2cccnc2C1. The number of carbonyl (C=O) groups excluding carboxylic acids is 2. The van der Waals surface area contributed by atoms with Gasteiger partial charge in [-0.3, -0.25) is 14.6 Å². The van der Waals surface area contributed by atoms with Crippen LogP contribution in [0, 0.1) is 6.92 Å². The Hall–Kier alpha value is -3.22. The molecule has 4 rings (SSSR count).